The van der Waals surface area contributed by atoms with Crippen LogP contribution in [0.3, 0.4) is 0 Å². The Morgan fingerprint density at radius 2 is 1.66 bits per heavy atom. The minimum atomic E-state index is -4.47. The Hall–Kier alpha value is -4.01. The Morgan fingerprint density at radius 1 is 0.886 bits per heavy atom. The van der Waals surface area contributed by atoms with Gasteiger partial charge in [-0.2, -0.15) is 13.2 Å². The lowest BCUT2D eigenvalue weighted by atomic mass is 10.1. The Morgan fingerprint density at radius 3 is 2.49 bits per heavy atom. The molecule has 1 fully saturated rings. The van der Waals surface area contributed by atoms with Crippen molar-refractivity contribution >= 4 is 23.2 Å². The maximum absolute atomic E-state index is 13.0. The normalized spacial score (nSPS) is 15.7. The molecule has 0 aromatic heterocycles. The highest BCUT2D eigenvalue weighted by Crippen LogP contribution is 2.38. The maximum Gasteiger partial charge on any atom is 0.416 e. The van der Waals surface area contributed by atoms with Crippen LogP contribution >= 0.6 is 0 Å². The largest absolute Gasteiger partial charge is 0.454 e. The number of para-hydroxylation sites is 3. The summed E-state index contributed by atoms with van der Waals surface area (Å²) in [6.45, 7) is 2.06. The molecule has 2 amide bonds. The van der Waals surface area contributed by atoms with Crippen molar-refractivity contribution in [2.75, 3.05) is 31.5 Å². The molecule has 2 aliphatic rings. The van der Waals surface area contributed by atoms with E-state index in [2.05, 4.69) is 10.2 Å². The third-order valence-corrected chi connectivity index (χ3v) is 5.96. The zero-order valence-corrected chi connectivity index (χ0v) is 18.8. The van der Waals surface area contributed by atoms with E-state index in [0.717, 1.165) is 29.2 Å². The first kappa shape index (κ1) is 22.8. The molecule has 6 nitrogen and oxygen atoms in total. The summed E-state index contributed by atoms with van der Waals surface area (Å²) in [7, 11) is 0. The number of alkyl halides is 3. The maximum atomic E-state index is 13.0. The summed E-state index contributed by atoms with van der Waals surface area (Å²) in [6, 6.07) is 19.5. The van der Waals surface area contributed by atoms with Crippen LogP contribution < -0.4 is 10.1 Å². The fourth-order valence-corrected chi connectivity index (χ4v) is 4.22. The Kier molecular flexibility index (Phi) is 6.07. The van der Waals surface area contributed by atoms with Gasteiger partial charge >= 0.3 is 12.2 Å². The van der Waals surface area contributed by atoms with Crippen molar-refractivity contribution < 1.29 is 22.7 Å². The lowest BCUT2D eigenvalue weighted by Crippen LogP contribution is -2.39. The molecular weight excluding hydrogens is 457 g/mol. The average Bonchev–Trinajstić information content (AvgIpc) is 3.18. The van der Waals surface area contributed by atoms with Crippen molar-refractivity contribution in [3.63, 3.8) is 0 Å². The van der Waals surface area contributed by atoms with Crippen molar-refractivity contribution in [3.8, 4) is 11.5 Å². The number of hydrogen-bond donors (Lipinski definition) is 1. The Balaban J connectivity index is 1.34. The van der Waals surface area contributed by atoms with Crippen LogP contribution in [0.5, 0.6) is 11.5 Å². The number of halogens is 3. The van der Waals surface area contributed by atoms with E-state index >= 15 is 0 Å². The van der Waals surface area contributed by atoms with Gasteiger partial charge in [0.15, 0.2) is 5.75 Å². The van der Waals surface area contributed by atoms with Crippen LogP contribution in [-0.4, -0.2) is 47.8 Å². The molecule has 3 aromatic carbocycles. The molecule has 1 saturated heterocycles. The molecule has 2 heterocycles. The second kappa shape index (κ2) is 9.32. The van der Waals surface area contributed by atoms with E-state index in [1.807, 2.05) is 48.5 Å². The van der Waals surface area contributed by atoms with E-state index < -0.39 is 17.8 Å². The lowest BCUT2D eigenvalue weighted by Gasteiger charge is -2.25. The minimum Gasteiger partial charge on any atom is -0.454 e. The summed E-state index contributed by atoms with van der Waals surface area (Å²) >= 11 is 0. The van der Waals surface area contributed by atoms with E-state index in [4.69, 9.17) is 9.73 Å². The van der Waals surface area contributed by atoms with Gasteiger partial charge in [-0.05, 0) is 48.9 Å². The van der Waals surface area contributed by atoms with Crippen LogP contribution in [0.2, 0.25) is 0 Å². The third kappa shape index (κ3) is 4.94. The fraction of sp³-hybridized carbons (Fsp3) is 0.231. The number of amidine groups is 1. The number of rotatable bonds is 1. The van der Waals surface area contributed by atoms with Crippen LogP contribution in [0.15, 0.2) is 77.8 Å². The highest BCUT2D eigenvalue weighted by Gasteiger charge is 2.31. The average molecular weight is 480 g/mol. The first-order valence-corrected chi connectivity index (χ1v) is 11.3. The molecule has 5 rings (SSSR count). The summed E-state index contributed by atoms with van der Waals surface area (Å²) in [4.78, 5) is 21.5. The predicted octanol–water partition coefficient (Wildman–Crippen LogP) is 6.13. The highest BCUT2D eigenvalue weighted by molar-refractivity contribution is 6.03. The van der Waals surface area contributed by atoms with Gasteiger partial charge in [0.25, 0.3) is 0 Å². The van der Waals surface area contributed by atoms with Crippen molar-refractivity contribution in [2.24, 2.45) is 4.99 Å². The number of amides is 2. The summed E-state index contributed by atoms with van der Waals surface area (Å²) in [5, 5.41) is 2.60. The number of aliphatic imine (C=N–C) groups is 1. The number of ether oxygens (including phenoxy) is 1. The van der Waals surface area contributed by atoms with Gasteiger partial charge in [-0.15, -0.1) is 0 Å². The van der Waals surface area contributed by atoms with Gasteiger partial charge in [-0.3, -0.25) is 0 Å². The van der Waals surface area contributed by atoms with Crippen LogP contribution in [-0.2, 0) is 6.18 Å². The number of anilines is 1. The number of hydrogen-bond acceptors (Lipinski definition) is 4. The molecule has 0 bridgehead atoms. The van der Waals surface area contributed by atoms with Gasteiger partial charge < -0.3 is 19.9 Å². The molecule has 0 aliphatic carbocycles. The molecular formula is C26H23F3N4O2. The lowest BCUT2D eigenvalue weighted by molar-refractivity contribution is -0.137. The van der Waals surface area contributed by atoms with Crippen molar-refractivity contribution in [2.45, 2.75) is 12.6 Å². The smallest absolute Gasteiger partial charge is 0.416 e. The van der Waals surface area contributed by atoms with Crippen LogP contribution in [0, 0.1) is 0 Å². The third-order valence-electron chi connectivity index (χ3n) is 5.96. The topological polar surface area (TPSA) is 57.2 Å². The van der Waals surface area contributed by atoms with E-state index in [1.165, 1.54) is 12.1 Å². The summed E-state index contributed by atoms with van der Waals surface area (Å²) in [6.07, 6.45) is -3.79. The van der Waals surface area contributed by atoms with Gasteiger partial charge in [0.1, 0.15) is 17.3 Å². The van der Waals surface area contributed by atoms with Gasteiger partial charge in [-0.25, -0.2) is 9.79 Å². The van der Waals surface area contributed by atoms with E-state index in [-0.39, 0.29) is 5.69 Å². The zero-order valence-electron chi connectivity index (χ0n) is 18.8. The first-order valence-electron chi connectivity index (χ1n) is 11.3. The minimum absolute atomic E-state index is 0.113. The van der Waals surface area contributed by atoms with Gasteiger partial charge in [0, 0.05) is 31.9 Å². The van der Waals surface area contributed by atoms with Crippen LogP contribution in [0.1, 0.15) is 17.5 Å². The SMILES string of the molecule is O=C(Nc1cccc(C(F)(F)F)c1)N1CCCN(C2=Nc3ccccc3Oc3ccccc32)CC1. The van der Waals surface area contributed by atoms with Crippen molar-refractivity contribution in [3.05, 3.63) is 83.9 Å². The second-order valence-electron chi connectivity index (χ2n) is 8.34. The number of nitrogens with zero attached hydrogens (tertiary/aromatic N) is 3. The van der Waals surface area contributed by atoms with Gasteiger partial charge in [-0.1, -0.05) is 30.3 Å². The molecule has 2 aliphatic heterocycles. The number of benzene rings is 3. The fourth-order valence-electron chi connectivity index (χ4n) is 4.22. The molecule has 1 N–H and O–H groups in total. The van der Waals surface area contributed by atoms with Crippen LogP contribution in [0.25, 0.3) is 0 Å². The Labute approximate surface area is 200 Å². The molecule has 0 spiro atoms. The second-order valence-corrected chi connectivity index (χ2v) is 8.34. The zero-order chi connectivity index (χ0) is 24.4. The molecule has 35 heavy (non-hydrogen) atoms. The molecule has 180 valence electrons. The summed E-state index contributed by atoms with van der Waals surface area (Å²) in [5.41, 5.74) is 0.902. The predicted molar refractivity (Wildman–Crippen MR) is 127 cm³/mol. The number of carbonyl (C=O) groups is 1. The van der Waals surface area contributed by atoms with E-state index in [0.29, 0.717) is 44.1 Å². The number of nitrogens with one attached hydrogen (secondary N) is 1. The first-order chi connectivity index (χ1) is 16.9. The van der Waals surface area contributed by atoms with Gasteiger partial charge in [0.2, 0.25) is 0 Å². The van der Waals surface area contributed by atoms with Crippen molar-refractivity contribution in [1.29, 1.82) is 0 Å². The molecule has 0 saturated carbocycles. The molecule has 9 heteroatoms. The van der Waals surface area contributed by atoms with E-state index in [1.54, 1.807) is 4.90 Å². The quantitative estimate of drug-likeness (QED) is 0.456. The summed E-state index contributed by atoms with van der Waals surface area (Å²) < 4.78 is 45.2. The highest BCUT2D eigenvalue weighted by atomic mass is 19.4. The van der Waals surface area contributed by atoms with Crippen LogP contribution in [0.4, 0.5) is 29.3 Å². The number of fused-ring (bicyclic) bond motifs is 2. The van der Waals surface area contributed by atoms with E-state index in [9.17, 15) is 18.0 Å². The van der Waals surface area contributed by atoms with Gasteiger partial charge in [0.05, 0.1) is 11.1 Å². The molecule has 0 unspecified atom stereocenters. The monoisotopic (exact) mass is 480 g/mol. The standard InChI is InChI=1S/C26H23F3N4O2/c27-26(28,29)18-7-5-8-19(17-18)30-25(34)33-14-6-13-32(15-16-33)24-20-9-1-3-11-22(20)35-23-12-4-2-10-21(23)31-24/h1-5,7-12,17H,6,13-16H2,(H,30,34). The molecule has 0 radical (unpaired) electrons. The molecule has 3 aromatic rings. The molecule has 0 atom stereocenters. The number of urea groups is 1. The Bertz CT molecular complexity index is 1280. The number of carbonyl (C=O) groups excluding carboxylic acids is 1. The van der Waals surface area contributed by atoms with Crippen molar-refractivity contribution in [1.82, 2.24) is 9.80 Å². The summed E-state index contributed by atoms with van der Waals surface area (Å²) in [5.74, 6) is 2.15.